The van der Waals surface area contributed by atoms with Gasteiger partial charge in [0.1, 0.15) is 5.82 Å². The van der Waals surface area contributed by atoms with Crippen molar-refractivity contribution in [2.24, 2.45) is 5.92 Å². The lowest BCUT2D eigenvalue weighted by atomic mass is 9.81. The SMILES string of the molecule is O=C(Nc1cc2cc(-c3cncs3)ccc2cn1)C1CC(F)(F)C1. The Morgan fingerprint density at radius 3 is 2.75 bits per heavy atom. The molecule has 4 rings (SSSR count). The first-order chi connectivity index (χ1) is 11.5. The van der Waals surface area contributed by atoms with Crippen molar-refractivity contribution < 1.29 is 13.6 Å². The number of hydrogen-bond acceptors (Lipinski definition) is 4. The van der Waals surface area contributed by atoms with Crippen LogP contribution in [0.4, 0.5) is 14.6 Å². The quantitative estimate of drug-likeness (QED) is 0.768. The molecule has 3 aromatic rings. The van der Waals surface area contributed by atoms with Gasteiger partial charge in [-0.25, -0.2) is 13.8 Å². The normalized spacial score (nSPS) is 16.8. The second-order valence-electron chi connectivity index (χ2n) is 5.95. The predicted molar refractivity (Wildman–Crippen MR) is 89.2 cm³/mol. The third kappa shape index (κ3) is 2.87. The maximum absolute atomic E-state index is 12.9. The number of fused-ring (bicyclic) bond motifs is 1. The highest BCUT2D eigenvalue weighted by molar-refractivity contribution is 7.13. The molecule has 0 saturated heterocycles. The van der Waals surface area contributed by atoms with E-state index in [1.54, 1.807) is 35.3 Å². The fourth-order valence-corrected chi connectivity index (χ4v) is 3.42. The van der Waals surface area contributed by atoms with Crippen molar-refractivity contribution >= 4 is 33.8 Å². The van der Waals surface area contributed by atoms with Crippen LogP contribution in [0, 0.1) is 5.92 Å². The van der Waals surface area contributed by atoms with Gasteiger partial charge >= 0.3 is 0 Å². The number of halogens is 2. The molecule has 4 nitrogen and oxygen atoms in total. The van der Waals surface area contributed by atoms with Crippen LogP contribution in [-0.4, -0.2) is 21.8 Å². The molecule has 0 radical (unpaired) electrons. The summed E-state index contributed by atoms with van der Waals surface area (Å²) >= 11 is 1.55. The number of hydrogen-bond donors (Lipinski definition) is 1. The van der Waals surface area contributed by atoms with E-state index in [1.165, 1.54) is 0 Å². The maximum Gasteiger partial charge on any atom is 0.249 e. The van der Waals surface area contributed by atoms with Gasteiger partial charge < -0.3 is 5.32 Å². The summed E-state index contributed by atoms with van der Waals surface area (Å²) in [6.45, 7) is 0. The number of anilines is 1. The van der Waals surface area contributed by atoms with Crippen LogP contribution < -0.4 is 5.32 Å². The number of rotatable bonds is 3. The molecule has 1 aliphatic carbocycles. The first kappa shape index (κ1) is 15.1. The number of carbonyl (C=O) groups excluding carboxylic acids is 1. The number of carbonyl (C=O) groups is 1. The molecular formula is C17H13F2N3OS. The highest BCUT2D eigenvalue weighted by Gasteiger charge is 2.48. The van der Waals surface area contributed by atoms with E-state index in [2.05, 4.69) is 15.3 Å². The van der Waals surface area contributed by atoms with E-state index < -0.39 is 17.7 Å². The van der Waals surface area contributed by atoms with E-state index in [9.17, 15) is 13.6 Å². The van der Waals surface area contributed by atoms with Crippen molar-refractivity contribution in [1.82, 2.24) is 9.97 Å². The molecule has 7 heteroatoms. The Bertz CT molecular complexity index is 903. The largest absolute Gasteiger partial charge is 0.310 e. The summed E-state index contributed by atoms with van der Waals surface area (Å²) in [6, 6.07) is 7.70. The third-order valence-corrected chi connectivity index (χ3v) is 4.97. The average Bonchev–Trinajstić information content (AvgIpc) is 3.06. The molecule has 1 N–H and O–H groups in total. The van der Waals surface area contributed by atoms with Crippen LogP contribution in [0.1, 0.15) is 12.8 Å². The number of nitrogens with zero attached hydrogens (tertiary/aromatic N) is 2. The van der Waals surface area contributed by atoms with Gasteiger partial charge in [0.25, 0.3) is 0 Å². The zero-order valence-electron chi connectivity index (χ0n) is 12.5. The van der Waals surface area contributed by atoms with Gasteiger partial charge in [0.2, 0.25) is 11.8 Å². The molecule has 0 spiro atoms. The predicted octanol–water partition coefficient (Wildman–Crippen LogP) is 4.34. The molecule has 2 aromatic heterocycles. The summed E-state index contributed by atoms with van der Waals surface area (Å²) in [7, 11) is 0. The minimum atomic E-state index is -2.71. The van der Waals surface area contributed by atoms with Crippen LogP contribution in [0.15, 0.2) is 42.2 Å². The number of amides is 1. The van der Waals surface area contributed by atoms with Crippen molar-refractivity contribution in [3.05, 3.63) is 42.2 Å². The lowest BCUT2D eigenvalue weighted by Gasteiger charge is -2.33. The molecule has 0 bridgehead atoms. The second-order valence-corrected chi connectivity index (χ2v) is 6.83. The summed E-state index contributed by atoms with van der Waals surface area (Å²) < 4.78 is 25.7. The molecule has 0 atom stereocenters. The number of aromatic nitrogens is 2. The average molecular weight is 345 g/mol. The van der Waals surface area contributed by atoms with E-state index >= 15 is 0 Å². The Morgan fingerprint density at radius 1 is 1.21 bits per heavy atom. The topological polar surface area (TPSA) is 54.9 Å². The molecule has 122 valence electrons. The van der Waals surface area contributed by atoms with Gasteiger partial charge in [0.15, 0.2) is 0 Å². The Morgan fingerprint density at radius 2 is 2.04 bits per heavy atom. The number of pyridine rings is 1. The first-order valence-corrected chi connectivity index (χ1v) is 8.35. The Labute approximate surface area is 140 Å². The number of alkyl halides is 2. The monoisotopic (exact) mass is 345 g/mol. The first-order valence-electron chi connectivity index (χ1n) is 7.48. The lowest BCUT2D eigenvalue weighted by molar-refractivity contribution is -0.145. The number of thiazole rings is 1. The Kier molecular flexibility index (Phi) is 3.53. The van der Waals surface area contributed by atoms with Gasteiger partial charge in [-0.3, -0.25) is 9.78 Å². The van der Waals surface area contributed by atoms with Crippen LogP contribution in [0.3, 0.4) is 0 Å². The van der Waals surface area contributed by atoms with E-state index in [1.807, 2.05) is 18.2 Å². The number of nitrogens with one attached hydrogen (secondary N) is 1. The number of benzene rings is 1. The van der Waals surface area contributed by atoms with Crippen molar-refractivity contribution in [2.45, 2.75) is 18.8 Å². The maximum atomic E-state index is 12.9. The van der Waals surface area contributed by atoms with Crippen molar-refractivity contribution in [1.29, 1.82) is 0 Å². The van der Waals surface area contributed by atoms with Gasteiger partial charge in [0.05, 0.1) is 10.4 Å². The van der Waals surface area contributed by atoms with Crippen LogP contribution in [0.25, 0.3) is 21.2 Å². The molecule has 2 heterocycles. The Balaban J connectivity index is 1.57. The minimum absolute atomic E-state index is 0.379. The van der Waals surface area contributed by atoms with Crippen LogP contribution in [0.2, 0.25) is 0 Å². The smallest absolute Gasteiger partial charge is 0.249 e. The molecule has 1 aromatic carbocycles. The van der Waals surface area contributed by atoms with Crippen LogP contribution >= 0.6 is 11.3 Å². The summed E-state index contributed by atoms with van der Waals surface area (Å²) in [6.07, 6.45) is 2.69. The van der Waals surface area contributed by atoms with Gasteiger partial charge in [-0.05, 0) is 23.1 Å². The van der Waals surface area contributed by atoms with E-state index in [4.69, 9.17) is 0 Å². The molecule has 1 aliphatic rings. The fraction of sp³-hybridized carbons (Fsp3) is 0.235. The van der Waals surface area contributed by atoms with Crippen molar-refractivity contribution in [3.8, 4) is 10.4 Å². The molecule has 1 amide bonds. The molecule has 1 fully saturated rings. The summed E-state index contributed by atoms with van der Waals surface area (Å²) in [5, 5.41) is 4.50. The summed E-state index contributed by atoms with van der Waals surface area (Å²) in [5.74, 6) is -3.36. The molecule has 0 unspecified atom stereocenters. The van der Waals surface area contributed by atoms with Gasteiger partial charge in [-0.1, -0.05) is 12.1 Å². The standard InChI is InChI=1S/C17H13F2N3OS/c18-17(19)5-13(6-17)16(23)22-15-4-12-3-10(14-8-20-9-24-14)1-2-11(12)7-21-15/h1-4,7-9,13H,5-6H2,(H,21,22,23). The fourth-order valence-electron chi connectivity index (χ4n) is 2.80. The summed E-state index contributed by atoms with van der Waals surface area (Å²) in [5.41, 5.74) is 2.80. The van der Waals surface area contributed by atoms with E-state index in [0.717, 1.165) is 21.2 Å². The van der Waals surface area contributed by atoms with Gasteiger partial charge in [-0.2, -0.15) is 0 Å². The zero-order valence-corrected chi connectivity index (χ0v) is 13.3. The highest BCUT2D eigenvalue weighted by atomic mass is 32.1. The van der Waals surface area contributed by atoms with Crippen LogP contribution in [-0.2, 0) is 4.79 Å². The minimum Gasteiger partial charge on any atom is -0.310 e. The van der Waals surface area contributed by atoms with Gasteiger partial charge in [0, 0.05) is 36.5 Å². The molecular weight excluding hydrogens is 332 g/mol. The molecule has 0 aliphatic heterocycles. The van der Waals surface area contributed by atoms with Crippen molar-refractivity contribution in [2.75, 3.05) is 5.32 Å². The molecule has 24 heavy (non-hydrogen) atoms. The highest BCUT2D eigenvalue weighted by Crippen LogP contribution is 2.42. The van der Waals surface area contributed by atoms with Crippen LogP contribution in [0.5, 0.6) is 0 Å². The zero-order chi connectivity index (χ0) is 16.7. The lowest BCUT2D eigenvalue weighted by Crippen LogP contribution is -2.42. The summed E-state index contributed by atoms with van der Waals surface area (Å²) in [4.78, 5) is 21.3. The van der Waals surface area contributed by atoms with E-state index in [-0.39, 0.29) is 12.8 Å². The Hall–Kier alpha value is -2.41. The van der Waals surface area contributed by atoms with Crippen molar-refractivity contribution in [3.63, 3.8) is 0 Å². The molecule has 1 saturated carbocycles. The second kappa shape index (κ2) is 5.59. The van der Waals surface area contributed by atoms with Gasteiger partial charge in [-0.15, -0.1) is 11.3 Å². The third-order valence-electron chi connectivity index (χ3n) is 4.15. The van der Waals surface area contributed by atoms with E-state index in [0.29, 0.717) is 5.82 Å².